The topological polar surface area (TPSA) is 53.6 Å². The summed E-state index contributed by atoms with van der Waals surface area (Å²) in [6.45, 7) is 0.448. The molecule has 0 atom stereocenters. The maximum atomic E-state index is 13.0. The number of halogens is 3. The van der Waals surface area contributed by atoms with Crippen molar-refractivity contribution in [1.29, 1.82) is 5.26 Å². The molecule has 0 aliphatic rings. The number of benzene rings is 2. The Labute approximate surface area is 148 Å². The van der Waals surface area contributed by atoms with E-state index in [9.17, 15) is 13.2 Å². The Morgan fingerprint density at radius 1 is 1.12 bits per heavy atom. The SMILES string of the molecule is N#Cc1ccc(NCCc2cnn(-c3ccccc3)c2)cc1C(F)(F)F. The molecule has 3 rings (SSSR count). The Morgan fingerprint density at radius 2 is 1.88 bits per heavy atom. The zero-order valence-electron chi connectivity index (χ0n) is 13.7. The van der Waals surface area contributed by atoms with Crippen molar-refractivity contribution in [2.75, 3.05) is 11.9 Å². The van der Waals surface area contributed by atoms with E-state index in [1.165, 1.54) is 12.1 Å². The molecule has 26 heavy (non-hydrogen) atoms. The average Bonchev–Trinajstić information content (AvgIpc) is 3.10. The molecule has 0 saturated heterocycles. The Balaban J connectivity index is 1.64. The Kier molecular flexibility index (Phi) is 4.94. The van der Waals surface area contributed by atoms with Gasteiger partial charge in [-0.2, -0.15) is 23.5 Å². The summed E-state index contributed by atoms with van der Waals surface area (Å²) in [6, 6.07) is 14.8. The summed E-state index contributed by atoms with van der Waals surface area (Å²) in [5, 5.41) is 16.1. The highest BCUT2D eigenvalue weighted by Gasteiger charge is 2.33. The summed E-state index contributed by atoms with van der Waals surface area (Å²) in [6.07, 6.45) is -0.334. The van der Waals surface area contributed by atoms with E-state index in [4.69, 9.17) is 5.26 Å². The second-order valence-corrected chi connectivity index (χ2v) is 5.68. The van der Waals surface area contributed by atoms with Crippen LogP contribution in [0.1, 0.15) is 16.7 Å². The molecule has 3 aromatic rings. The molecule has 0 fully saturated rings. The summed E-state index contributed by atoms with van der Waals surface area (Å²) in [4.78, 5) is 0. The number of alkyl halides is 3. The highest BCUT2D eigenvalue weighted by molar-refractivity contribution is 5.53. The van der Waals surface area contributed by atoms with Gasteiger partial charge in [0, 0.05) is 18.4 Å². The number of hydrogen-bond acceptors (Lipinski definition) is 3. The van der Waals surface area contributed by atoms with E-state index in [-0.39, 0.29) is 5.56 Å². The van der Waals surface area contributed by atoms with Crippen LogP contribution in [0.2, 0.25) is 0 Å². The van der Waals surface area contributed by atoms with Gasteiger partial charge >= 0.3 is 6.18 Å². The monoisotopic (exact) mass is 356 g/mol. The highest BCUT2D eigenvalue weighted by atomic mass is 19.4. The molecule has 1 heterocycles. The fourth-order valence-electron chi connectivity index (χ4n) is 2.55. The van der Waals surface area contributed by atoms with E-state index in [1.54, 1.807) is 16.9 Å². The summed E-state index contributed by atoms with van der Waals surface area (Å²) in [7, 11) is 0. The summed E-state index contributed by atoms with van der Waals surface area (Å²) < 4.78 is 40.7. The lowest BCUT2D eigenvalue weighted by Crippen LogP contribution is -2.10. The molecule has 2 aromatic carbocycles. The standard InChI is InChI=1S/C19H15F3N4/c20-19(21,22)18-10-16(7-6-15(18)11-23)24-9-8-14-12-25-26(13-14)17-4-2-1-3-5-17/h1-7,10,12-13,24H,8-9H2. The van der Waals surface area contributed by atoms with Crippen LogP contribution in [0.4, 0.5) is 18.9 Å². The molecule has 0 radical (unpaired) electrons. The maximum absolute atomic E-state index is 13.0. The minimum absolute atomic E-state index is 0.326. The first-order chi connectivity index (χ1) is 12.5. The fourth-order valence-corrected chi connectivity index (χ4v) is 2.55. The van der Waals surface area contributed by atoms with Gasteiger partial charge in [-0.1, -0.05) is 18.2 Å². The van der Waals surface area contributed by atoms with Crippen LogP contribution in [0.15, 0.2) is 60.9 Å². The lowest BCUT2D eigenvalue weighted by molar-refractivity contribution is -0.137. The van der Waals surface area contributed by atoms with Crippen molar-refractivity contribution < 1.29 is 13.2 Å². The Bertz CT molecular complexity index is 924. The van der Waals surface area contributed by atoms with Crippen LogP contribution in [-0.4, -0.2) is 16.3 Å². The first-order valence-corrected chi connectivity index (χ1v) is 7.91. The van der Waals surface area contributed by atoms with Crippen LogP contribution >= 0.6 is 0 Å². The van der Waals surface area contributed by atoms with Crippen LogP contribution in [0.3, 0.4) is 0 Å². The number of aromatic nitrogens is 2. The predicted molar refractivity (Wildman–Crippen MR) is 91.9 cm³/mol. The van der Waals surface area contributed by atoms with Crippen LogP contribution in [0.5, 0.6) is 0 Å². The molecule has 0 amide bonds. The molecule has 7 heteroatoms. The van der Waals surface area contributed by atoms with Gasteiger partial charge in [0.25, 0.3) is 0 Å². The van der Waals surface area contributed by atoms with Crippen LogP contribution < -0.4 is 5.32 Å². The van der Waals surface area contributed by atoms with Gasteiger partial charge in [0.15, 0.2) is 0 Å². The van der Waals surface area contributed by atoms with E-state index in [0.29, 0.717) is 18.7 Å². The normalized spacial score (nSPS) is 11.2. The molecule has 0 saturated carbocycles. The van der Waals surface area contributed by atoms with Crippen molar-refractivity contribution in [3.63, 3.8) is 0 Å². The predicted octanol–water partition coefficient (Wildman–Crippen LogP) is 4.42. The Morgan fingerprint density at radius 3 is 2.58 bits per heavy atom. The molecule has 4 nitrogen and oxygen atoms in total. The number of nitriles is 1. The average molecular weight is 356 g/mol. The molecule has 0 spiro atoms. The van der Waals surface area contributed by atoms with Crippen molar-refractivity contribution in [2.24, 2.45) is 0 Å². The summed E-state index contributed by atoms with van der Waals surface area (Å²) in [5.74, 6) is 0. The van der Waals surface area contributed by atoms with Crippen molar-refractivity contribution >= 4 is 5.69 Å². The van der Waals surface area contributed by atoms with Crippen LogP contribution in [0, 0.1) is 11.3 Å². The first kappa shape index (κ1) is 17.5. The third-order valence-electron chi connectivity index (χ3n) is 3.85. The van der Waals surface area contributed by atoms with E-state index in [1.807, 2.05) is 36.5 Å². The fraction of sp³-hybridized carbons (Fsp3) is 0.158. The van der Waals surface area contributed by atoms with Gasteiger partial charge in [-0.05, 0) is 42.3 Å². The molecular formula is C19H15F3N4. The molecule has 0 aliphatic heterocycles. The van der Waals surface area contributed by atoms with Gasteiger partial charge in [-0.15, -0.1) is 0 Å². The molecule has 1 aromatic heterocycles. The number of rotatable bonds is 5. The maximum Gasteiger partial charge on any atom is 0.417 e. The van der Waals surface area contributed by atoms with Crippen molar-refractivity contribution in [3.05, 3.63) is 77.6 Å². The van der Waals surface area contributed by atoms with E-state index in [2.05, 4.69) is 10.4 Å². The van der Waals surface area contributed by atoms with E-state index >= 15 is 0 Å². The molecule has 0 unspecified atom stereocenters. The number of anilines is 1. The third-order valence-corrected chi connectivity index (χ3v) is 3.85. The van der Waals surface area contributed by atoms with Gasteiger partial charge in [-0.25, -0.2) is 4.68 Å². The van der Waals surface area contributed by atoms with Crippen molar-refractivity contribution in [1.82, 2.24) is 9.78 Å². The third kappa shape index (κ3) is 4.03. The van der Waals surface area contributed by atoms with Gasteiger partial charge in [-0.3, -0.25) is 0 Å². The van der Waals surface area contributed by atoms with Crippen molar-refractivity contribution in [2.45, 2.75) is 12.6 Å². The van der Waals surface area contributed by atoms with Gasteiger partial charge in [0.1, 0.15) is 0 Å². The molecule has 1 N–H and O–H groups in total. The Hall–Kier alpha value is -3.27. The largest absolute Gasteiger partial charge is 0.417 e. The van der Waals surface area contributed by atoms with Gasteiger partial charge < -0.3 is 5.32 Å². The van der Waals surface area contributed by atoms with Crippen LogP contribution in [0.25, 0.3) is 5.69 Å². The minimum Gasteiger partial charge on any atom is -0.385 e. The van der Waals surface area contributed by atoms with Gasteiger partial charge in [0.05, 0.1) is 29.1 Å². The van der Waals surface area contributed by atoms with E-state index in [0.717, 1.165) is 17.3 Å². The van der Waals surface area contributed by atoms with Gasteiger partial charge in [0.2, 0.25) is 0 Å². The highest BCUT2D eigenvalue weighted by Crippen LogP contribution is 2.33. The zero-order valence-corrected chi connectivity index (χ0v) is 13.7. The minimum atomic E-state index is -4.56. The molecule has 132 valence electrons. The number of hydrogen-bond donors (Lipinski definition) is 1. The summed E-state index contributed by atoms with van der Waals surface area (Å²) >= 11 is 0. The molecule has 0 bridgehead atoms. The van der Waals surface area contributed by atoms with Crippen LogP contribution in [-0.2, 0) is 12.6 Å². The second kappa shape index (κ2) is 7.31. The lowest BCUT2D eigenvalue weighted by atomic mass is 10.1. The number of nitrogens with one attached hydrogen (secondary N) is 1. The number of para-hydroxylation sites is 1. The summed E-state index contributed by atoms with van der Waals surface area (Å²) in [5.41, 5.74) is 0.917. The molecular weight excluding hydrogens is 341 g/mol. The molecule has 0 aliphatic carbocycles. The first-order valence-electron chi connectivity index (χ1n) is 7.91. The quantitative estimate of drug-likeness (QED) is 0.736. The van der Waals surface area contributed by atoms with Crippen molar-refractivity contribution in [3.8, 4) is 11.8 Å². The second-order valence-electron chi connectivity index (χ2n) is 5.68. The number of nitrogens with zero attached hydrogens (tertiary/aromatic N) is 3. The zero-order chi connectivity index (χ0) is 18.6. The van der Waals surface area contributed by atoms with E-state index < -0.39 is 11.7 Å². The lowest BCUT2D eigenvalue weighted by Gasteiger charge is -2.12. The smallest absolute Gasteiger partial charge is 0.385 e.